The van der Waals surface area contributed by atoms with E-state index in [1.54, 1.807) is 24.3 Å². The SMILES string of the molecule is CCCCCOC(=O)c1ccc(N2C(=O)[C@H]3[C@@H]4C[C@H]([C@@H](Br)[C@H]4Br)[C@@H]3C2=O)cc1. The fraction of sp³-hybridized carbons (Fsp3) is 0.571. The maximum Gasteiger partial charge on any atom is 0.338 e. The molecule has 6 atom stereocenters. The van der Waals surface area contributed by atoms with Crippen molar-refractivity contribution in [3.05, 3.63) is 29.8 Å². The van der Waals surface area contributed by atoms with Gasteiger partial charge in [-0.1, -0.05) is 51.6 Å². The van der Waals surface area contributed by atoms with E-state index in [9.17, 15) is 14.4 Å². The van der Waals surface area contributed by atoms with E-state index in [1.807, 2.05) is 0 Å². The maximum absolute atomic E-state index is 13.0. The van der Waals surface area contributed by atoms with E-state index >= 15 is 0 Å². The van der Waals surface area contributed by atoms with Crippen LogP contribution in [0, 0.1) is 23.7 Å². The van der Waals surface area contributed by atoms with Gasteiger partial charge in [0, 0.05) is 9.65 Å². The third-order valence-electron chi connectivity index (χ3n) is 6.33. The summed E-state index contributed by atoms with van der Waals surface area (Å²) in [6, 6.07) is 6.58. The van der Waals surface area contributed by atoms with Crippen LogP contribution in [0.4, 0.5) is 5.69 Å². The number of anilines is 1. The molecule has 150 valence electrons. The van der Waals surface area contributed by atoms with Gasteiger partial charge in [-0.15, -0.1) is 0 Å². The van der Waals surface area contributed by atoms with Gasteiger partial charge in [0.2, 0.25) is 11.8 Å². The molecule has 1 aliphatic heterocycles. The van der Waals surface area contributed by atoms with Crippen molar-refractivity contribution < 1.29 is 19.1 Å². The van der Waals surface area contributed by atoms with E-state index in [-0.39, 0.29) is 51.1 Å². The Morgan fingerprint density at radius 1 is 1.04 bits per heavy atom. The summed E-state index contributed by atoms with van der Waals surface area (Å²) in [6.07, 6.45) is 3.86. The standard InChI is InChI=1S/C21H23Br2NO4/c1-2-3-4-9-28-21(27)11-5-7-12(8-6-11)24-19(25)15-13-10-14(16(15)20(24)26)18(23)17(13)22/h5-8,13-18H,2-4,9-10H2,1H3/t13-,14-,15-,16-,17-,18+/m0/s1. The van der Waals surface area contributed by atoms with Crippen molar-refractivity contribution in [1.29, 1.82) is 0 Å². The van der Waals surface area contributed by atoms with Crippen molar-refractivity contribution in [2.75, 3.05) is 11.5 Å². The summed E-state index contributed by atoms with van der Waals surface area (Å²) < 4.78 is 5.26. The highest BCUT2D eigenvalue weighted by Gasteiger charge is 2.66. The molecule has 2 saturated carbocycles. The van der Waals surface area contributed by atoms with Crippen molar-refractivity contribution in [1.82, 2.24) is 0 Å². The molecule has 7 heteroatoms. The van der Waals surface area contributed by atoms with E-state index < -0.39 is 0 Å². The Balaban J connectivity index is 1.47. The number of hydrogen-bond donors (Lipinski definition) is 0. The van der Waals surface area contributed by atoms with Crippen molar-refractivity contribution in [2.24, 2.45) is 23.7 Å². The Hall–Kier alpha value is -1.21. The maximum atomic E-state index is 13.0. The third kappa shape index (κ3) is 3.15. The molecule has 1 heterocycles. The summed E-state index contributed by atoms with van der Waals surface area (Å²) in [5, 5.41) is 0. The van der Waals surface area contributed by atoms with E-state index in [2.05, 4.69) is 38.8 Å². The first-order valence-electron chi connectivity index (χ1n) is 9.88. The van der Waals surface area contributed by atoms with Crippen LogP contribution in [-0.4, -0.2) is 34.0 Å². The molecule has 0 radical (unpaired) electrons. The molecule has 2 amide bonds. The van der Waals surface area contributed by atoms with Crippen molar-refractivity contribution in [2.45, 2.75) is 42.3 Å². The molecule has 3 fully saturated rings. The minimum absolute atomic E-state index is 0.110. The molecule has 28 heavy (non-hydrogen) atoms. The van der Waals surface area contributed by atoms with Gasteiger partial charge in [0.25, 0.3) is 0 Å². The molecule has 1 aromatic carbocycles. The minimum Gasteiger partial charge on any atom is -0.462 e. The van der Waals surface area contributed by atoms with Crippen LogP contribution in [0.25, 0.3) is 0 Å². The van der Waals surface area contributed by atoms with Crippen molar-refractivity contribution in [3.63, 3.8) is 0 Å². The second-order valence-corrected chi connectivity index (χ2v) is 10.0. The van der Waals surface area contributed by atoms with Gasteiger partial charge >= 0.3 is 5.97 Å². The predicted octanol–water partition coefficient (Wildman–Crippen LogP) is 4.32. The number of carbonyl (C=O) groups excluding carboxylic acids is 3. The van der Waals surface area contributed by atoms with Crippen LogP contribution >= 0.6 is 31.9 Å². The quantitative estimate of drug-likeness (QED) is 0.246. The first kappa shape index (κ1) is 20.1. The number of unbranched alkanes of at least 4 members (excludes halogenated alkanes) is 2. The Morgan fingerprint density at radius 2 is 1.61 bits per heavy atom. The highest BCUT2D eigenvalue weighted by molar-refractivity contribution is 9.12. The number of ether oxygens (including phenoxy) is 1. The van der Waals surface area contributed by atoms with Gasteiger partial charge in [-0.3, -0.25) is 14.5 Å². The molecular formula is C21H23Br2NO4. The average molecular weight is 513 g/mol. The summed E-state index contributed by atoms with van der Waals surface area (Å²) in [5.41, 5.74) is 0.962. The Kier molecular flexibility index (Phi) is 5.67. The van der Waals surface area contributed by atoms with Gasteiger partial charge in [-0.2, -0.15) is 0 Å². The number of alkyl halides is 2. The molecule has 3 aliphatic rings. The smallest absolute Gasteiger partial charge is 0.338 e. The topological polar surface area (TPSA) is 63.7 Å². The molecule has 2 bridgehead atoms. The van der Waals surface area contributed by atoms with Crippen LogP contribution in [0.2, 0.25) is 0 Å². The van der Waals surface area contributed by atoms with Gasteiger partial charge < -0.3 is 4.74 Å². The summed E-state index contributed by atoms with van der Waals surface area (Å²) >= 11 is 7.39. The number of carbonyl (C=O) groups is 3. The van der Waals surface area contributed by atoms with Crippen LogP contribution < -0.4 is 4.90 Å². The molecule has 0 unspecified atom stereocenters. The number of imide groups is 1. The monoisotopic (exact) mass is 511 g/mol. The predicted molar refractivity (Wildman–Crippen MR) is 113 cm³/mol. The molecule has 0 spiro atoms. The van der Waals surface area contributed by atoms with Crippen LogP contribution in [-0.2, 0) is 14.3 Å². The normalized spacial score (nSPS) is 33.5. The van der Waals surface area contributed by atoms with Crippen LogP contribution in [0.5, 0.6) is 0 Å². The number of fused-ring (bicyclic) bond motifs is 5. The zero-order valence-corrected chi connectivity index (χ0v) is 18.8. The molecule has 2 aliphatic carbocycles. The van der Waals surface area contributed by atoms with E-state index in [4.69, 9.17) is 4.74 Å². The van der Waals surface area contributed by atoms with Gasteiger partial charge in [-0.05, 0) is 48.9 Å². The first-order valence-corrected chi connectivity index (χ1v) is 11.7. The highest BCUT2D eigenvalue weighted by atomic mass is 79.9. The van der Waals surface area contributed by atoms with E-state index in [0.717, 1.165) is 25.7 Å². The Morgan fingerprint density at radius 3 is 2.14 bits per heavy atom. The summed E-state index contributed by atoms with van der Waals surface area (Å²) in [4.78, 5) is 40.0. The Bertz CT molecular complexity index is 764. The number of halogens is 2. The summed E-state index contributed by atoms with van der Waals surface area (Å²) in [6.45, 7) is 2.50. The highest BCUT2D eigenvalue weighted by Crippen LogP contribution is 2.60. The molecule has 5 nitrogen and oxygen atoms in total. The number of hydrogen-bond acceptors (Lipinski definition) is 4. The van der Waals surface area contributed by atoms with Crippen LogP contribution in [0.1, 0.15) is 43.0 Å². The number of nitrogens with zero attached hydrogens (tertiary/aromatic N) is 1. The average Bonchev–Trinajstić information content (AvgIpc) is 3.30. The minimum atomic E-state index is -0.374. The van der Waals surface area contributed by atoms with Crippen LogP contribution in [0.15, 0.2) is 24.3 Å². The third-order valence-corrected chi connectivity index (χ3v) is 9.54. The number of amides is 2. The zero-order chi connectivity index (χ0) is 20.0. The fourth-order valence-corrected chi connectivity index (χ4v) is 6.82. The van der Waals surface area contributed by atoms with Crippen LogP contribution in [0.3, 0.4) is 0 Å². The molecule has 0 aromatic heterocycles. The number of rotatable bonds is 6. The number of benzene rings is 1. The second-order valence-electron chi connectivity index (χ2n) is 7.91. The zero-order valence-electron chi connectivity index (χ0n) is 15.6. The second kappa shape index (κ2) is 7.90. The first-order chi connectivity index (χ1) is 13.5. The van der Waals surface area contributed by atoms with Gasteiger partial charge in [0.05, 0.1) is 29.7 Å². The lowest BCUT2D eigenvalue weighted by Crippen LogP contribution is -2.37. The molecule has 1 saturated heterocycles. The van der Waals surface area contributed by atoms with Gasteiger partial charge in [0.15, 0.2) is 0 Å². The van der Waals surface area contributed by atoms with Crippen molar-refractivity contribution >= 4 is 55.3 Å². The summed E-state index contributed by atoms with van der Waals surface area (Å²) in [5.74, 6) is -0.683. The van der Waals surface area contributed by atoms with Crippen molar-refractivity contribution in [3.8, 4) is 0 Å². The fourth-order valence-electron chi connectivity index (χ4n) is 4.95. The Labute approximate surface area is 181 Å². The molecule has 1 aromatic rings. The molecule has 4 rings (SSSR count). The van der Waals surface area contributed by atoms with Gasteiger partial charge in [0.1, 0.15) is 0 Å². The molecular weight excluding hydrogens is 490 g/mol. The lowest BCUT2D eigenvalue weighted by atomic mass is 9.81. The van der Waals surface area contributed by atoms with E-state index in [1.165, 1.54) is 4.90 Å². The molecule has 0 N–H and O–H groups in total. The largest absolute Gasteiger partial charge is 0.462 e. The lowest BCUT2D eigenvalue weighted by Gasteiger charge is -2.28. The number of esters is 1. The van der Waals surface area contributed by atoms with E-state index in [0.29, 0.717) is 17.9 Å². The summed E-state index contributed by atoms with van der Waals surface area (Å²) in [7, 11) is 0. The van der Waals surface area contributed by atoms with Gasteiger partial charge in [-0.25, -0.2) is 4.79 Å². The lowest BCUT2D eigenvalue weighted by molar-refractivity contribution is -0.123.